The minimum atomic E-state index is 0.771. The molecule has 0 aliphatic carbocycles. The second kappa shape index (κ2) is 4.02. The van der Waals surface area contributed by atoms with Crippen molar-refractivity contribution in [1.82, 2.24) is 9.55 Å². The Morgan fingerprint density at radius 2 is 2.00 bits per heavy atom. The van der Waals surface area contributed by atoms with Gasteiger partial charge >= 0.3 is 0 Å². The van der Waals surface area contributed by atoms with Gasteiger partial charge in [-0.15, -0.1) is 0 Å². The van der Waals surface area contributed by atoms with Crippen LogP contribution in [0, 0.1) is 12.8 Å². The second-order valence-corrected chi connectivity index (χ2v) is 5.08. The summed E-state index contributed by atoms with van der Waals surface area (Å²) >= 11 is 0. The van der Waals surface area contributed by atoms with Crippen molar-refractivity contribution in [2.24, 2.45) is 5.92 Å². The van der Waals surface area contributed by atoms with E-state index in [1.807, 2.05) is 0 Å². The average molecular weight is 226 g/mol. The molecular weight excluding hydrogens is 208 g/mol. The quantitative estimate of drug-likeness (QED) is 0.728. The van der Waals surface area contributed by atoms with Crippen molar-refractivity contribution < 1.29 is 0 Å². The standard InChI is InChI=1S/C15H18N2/c1-11-8-9-17-12(2)15(16-14(17)10-11)13-6-4-3-5-7-13/h3-7,11H,8-10H2,1-2H3. The largest absolute Gasteiger partial charge is 0.332 e. The van der Waals surface area contributed by atoms with Gasteiger partial charge in [0.05, 0.1) is 5.69 Å². The molecule has 88 valence electrons. The predicted octanol–water partition coefficient (Wildman–Crippen LogP) is 3.44. The third-order valence-corrected chi connectivity index (χ3v) is 3.72. The third kappa shape index (κ3) is 1.78. The SMILES string of the molecule is Cc1c(-c2ccccc2)nc2n1CCC(C)C2. The number of hydrogen-bond donors (Lipinski definition) is 0. The van der Waals surface area contributed by atoms with Crippen LogP contribution < -0.4 is 0 Å². The summed E-state index contributed by atoms with van der Waals surface area (Å²) in [6, 6.07) is 10.5. The molecule has 0 saturated carbocycles. The number of rotatable bonds is 1. The van der Waals surface area contributed by atoms with Gasteiger partial charge in [-0.25, -0.2) is 4.98 Å². The number of aromatic nitrogens is 2. The van der Waals surface area contributed by atoms with Crippen molar-refractivity contribution in [3.63, 3.8) is 0 Å². The summed E-state index contributed by atoms with van der Waals surface area (Å²) in [5.41, 5.74) is 3.72. The third-order valence-electron chi connectivity index (χ3n) is 3.72. The Kier molecular flexibility index (Phi) is 2.50. The van der Waals surface area contributed by atoms with Crippen LogP contribution in [0.5, 0.6) is 0 Å². The van der Waals surface area contributed by atoms with E-state index in [-0.39, 0.29) is 0 Å². The molecule has 0 spiro atoms. The van der Waals surface area contributed by atoms with Gasteiger partial charge in [0.25, 0.3) is 0 Å². The van der Waals surface area contributed by atoms with Crippen molar-refractivity contribution >= 4 is 0 Å². The molecule has 1 aliphatic heterocycles. The molecule has 0 bridgehead atoms. The van der Waals surface area contributed by atoms with Gasteiger partial charge in [-0.2, -0.15) is 0 Å². The second-order valence-electron chi connectivity index (χ2n) is 5.08. The van der Waals surface area contributed by atoms with E-state index in [1.165, 1.54) is 23.5 Å². The Balaban J connectivity index is 2.08. The van der Waals surface area contributed by atoms with Crippen LogP contribution in [-0.4, -0.2) is 9.55 Å². The molecule has 2 aromatic rings. The number of imidazole rings is 1. The normalized spacial score (nSPS) is 19.1. The first-order valence-corrected chi connectivity index (χ1v) is 6.37. The minimum Gasteiger partial charge on any atom is -0.332 e. The van der Waals surface area contributed by atoms with Crippen molar-refractivity contribution in [2.75, 3.05) is 0 Å². The summed E-state index contributed by atoms with van der Waals surface area (Å²) in [6.07, 6.45) is 2.39. The van der Waals surface area contributed by atoms with Gasteiger partial charge in [0.1, 0.15) is 5.82 Å². The van der Waals surface area contributed by atoms with Crippen molar-refractivity contribution in [1.29, 1.82) is 0 Å². The zero-order valence-corrected chi connectivity index (χ0v) is 10.5. The number of nitrogens with zero attached hydrogens (tertiary/aromatic N) is 2. The Morgan fingerprint density at radius 3 is 2.76 bits per heavy atom. The topological polar surface area (TPSA) is 17.8 Å². The van der Waals surface area contributed by atoms with Crippen LogP contribution >= 0.6 is 0 Å². The van der Waals surface area contributed by atoms with E-state index in [0.717, 1.165) is 24.6 Å². The van der Waals surface area contributed by atoms with Gasteiger partial charge in [-0.05, 0) is 19.3 Å². The van der Waals surface area contributed by atoms with E-state index >= 15 is 0 Å². The molecular formula is C15H18N2. The van der Waals surface area contributed by atoms with Crippen LogP contribution in [0.25, 0.3) is 11.3 Å². The maximum absolute atomic E-state index is 4.83. The highest BCUT2D eigenvalue weighted by molar-refractivity contribution is 5.62. The van der Waals surface area contributed by atoms with Crippen LogP contribution in [0.4, 0.5) is 0 Å². The van der Waals surface area contributed by atoms with Gasteiger partial charge in [-0.3, -0.25) is 0 Å². The molecule has 1 aliphatic rings. The molecule has 0 fully saturated rings. The van der Waals surface area contributed by atoms with Gasteiger partial charge in [0.2, 0.25) is 0 Å². The zero-order chi connectivity index (χ0) is 11.8. The van der Waals surface area contributed by atoms with Crippen molar-refractivity contribution in [2.45, 2.75) is 33.2 Å². The van der Waals surface area contributed by atoms with Crippen LogP contribution in [0.15, 0.2) is 30.3 Å². The average Bonchev–Trinajstić information content (AvgIpc) is 2.67. The highest BCUT2D eigenvalue weighted by Crippen LogP contribution is 2.28. The molecule has 17 heavy (non-hydrogen) atoms. The fourth-order valence-corrected chi connectivity index (χ4v) is 2.68. The number of fused-ring (bicyclic) bond motifs is 1. The molecule has 0 N–H and O–H groups in total. The molecule has 1 aromatic carbocycles. The van der Waals surface area contributed by atoms with Crippen LogP contribution in [0.2, 0.25) is 0 Å². The van der Waals surface area contributed by atoms with Crippen molar-refractivity contribution in [3.05, 3.63) is 41.9 Å². The van der Waals surface area contributed by atoms with Crippen LogP contribution in [-0.2, 0) is 13.0 Å². The summed E-state index contributed by atoms with van der Waals surface area (Å²) in [5.74, 6) is 2.04. The lowest BCUT2D eigenvalue weighted by molar-refractivity contribution is 0.405. The fraction of sp³-hybridized carbons (Fsp3) is 0.400. The molecule has 0 amide bonds. The van der Waals surface area contributed by atoms with E-state index in [0.29, 0.717) is 0 Å². The van der Waals surface area contributed by atoms with E-state index in [9.17, 15) is 0 Å². The van der Waals surface area contributed by atoms with Crippen LogP contribution in [0.1, 0.15) is 24.9 Å². The van der Waals surface area contributed by atoms with Gasteiger partial charge in [-0.1, -0.05) is 37.3 Å². The maximum atomic E-state index is 4.83. The molecule has 0 radical (unpaired) electrons. The molecule has 1 aromatic heterocycles. The first kappa shape index (κ1) is 10.6. The molecule has 0 saturated heterocycles. The Hall–Kier alpha value is -1.57. The van der Waals surface area contributed by atoms with E-state index < -0.39 is 0 Å². The molecule has 1 unspecified atom stereocenters. The van der Waals surface area contributed by atoms with Gasteiger partial charge < -0.3 is 4.57 Å². The number of benzene rings is 1. The van der Waals surface area contributed by atoms with Gasteiger partial charge in [0.15, 0.2) is 0 Å². The first-order chi connectivity index (χ1) is 8.25. The zero-order valence-electron chi connectivity index (χ0n) is 10.5. The van der Waals surface area contributed by atoms with Gasteiger partial charge in [0, 0.05) is 24.2 Å². The summed E-state index contributed by atoms with van der Waals surface area (Å²) < 4.78 is 2.39. The molecule has 1 atom stereocenters. The summed E-state index contributed by atoms with van der Waals surface area (Å²) in [5, 5.41) is 0. The Morgan fingerprint density at radius 1 is 1.24 bits per heavy atom. The minimum absolute atomic E-state index is 0.771. The Labute approximate surface area is 102 Å². The molecule has 2 heteroatoms. The van der Waals surface area contributed by atoms with E-state index in [4.69, 9.17) is 4.98 Å². The molecule has 2 heterocycles. The first-order valence-electron chi connectivity index (χ1n) is 6.37. The molecule has 3 rings (SSSR count). The smallest absolute Gasteiger partial charge is 0.109 e. The Bertz CT molecular complexity index is 525. The van der Waals surface area contributed by atoms with E-state index in [1.54, 1.807) is 0 Å². The lowest BCUT2D eigenvalue weighted by Crippen LogP contribution is -2.17. The fourth-order valence-electron chi connectivity index (χ4n) is 2.68. The predicted molar refractivity (Wildman–Crippen MR) is 69.9 cm³/mol. The number of hydrogen-bond acceptors (Lipinski definition) is 1. The summed E-state index contributed by atoms with van der Waals surface area (Å²) in [6.45, 7) is 5.63. The van der Waals surface area contributed by atoms with Crippen LogP contribution in [0.3, 0.4) is 0 Å². The maximum Gasteiger partial charge on any atom is 0.109 e. The monoisotopic (exact) mass is 226 g/mol. The van der Waals surface area contributed by atoms with Crippen molar-refractivity contribution in [3.8, 4) is 11.3 Å². The lowest BCUT2D eigenvalue weighted by atomic mass is 10.0. The summed E-state index contributed by atoms with van der Waals surface area (Å²) in [4.78, 5) is 4.83. The molecule has 2 nitrogen and oxygen atoms in total. The van der Waals surface area contributed by atoms with E-state index in [2.05, 4.69) is 48.7 Å². The summed E-state index contributed by atoms with van der Waals surface area (Å²) in [7, 11) is 0. The highest BCUT2D eigenvalue weighted by atomic mass is 15.1. The lowest BCUT2D eigenvalue weighted by Gasteiger charge is -2.20. The highest BCUT2D eigenvalue weighted by Gasteiger charge is 2.21.